The number of fused-ring (bicyclic) bond motifs is 1. The van der Waals surface area contributed by atoms with Gasteiger partial charge in [0.15, 0.2) is 17.7 Å². The average Bonchev–Trinajstić information content (AvgIpc) is 3.26. The van der Waals surface area contributed by atoms with Gasteiger partial charge in [-0.3, -0.25) is 8.78 Å². The van der Waals surface area contributed by atoms with Gasteiger partial charge in [-0.15, -0.1) is 0 Å². The summed E-state index contributed by atoms with van der Waals surface area (Å²) in [4.78, 5) is 12.3. The van der Waals surface area contributed by atoms with Crippen LogP contribution in [-0.4, -0.2) is 63.4 Å². The van der Waals surface area contributed by atoms with E-state index in [2.05, 4.69) is 15.0 Å². The first-order valence-electron chi connectivity index (χ1n) is 8.66. The minimum atomic E-state index is -2.28. The summed E-state index contributed by atoms with van der Waals surface area (Å²) < 4.78 is 34.6. The molecule has 0 aliphatic carbocycles. The van der Waals surface area contributed by atoms with E-state index in [1.54, 1.807) is 12.1 Å². The van der Waals surface area contributed by atoms with Crippen LogP contribution in [0.3, 0.4) is 0 Å². The molecule has 1 aliphatic rings. The summed E-state index contributed by atoms with van der Waals surface area (Å²) in [5, 5.41) is 20.7. The zero-order chi connectivity index (χ0) is 20.5. The second-order valence-electron chi connectivity index (χ2n) is 6.52. The molecule has 0 saturated carbocycles. The van der Waals surface area contributed by atoms with Gasteiger partial charge in [0, 0.05) is 37.6 Å². The molecular formula is C17H18N5O6SY-. The Morgan fingerprint density at radius 2 is 1.93 bits per heavy atom. The van der Waals surface area contributed by atoms with Gasteiger partial charge in [-0.2, -0.15) is 0 Å². The van der Waals surface area contributed by atoms with Crippen molar-refractivity contribution in [3.8, 4) is 0 Å². The monoisotopic (exact) mass is 509 g/mol. The molecule has 3 aromatic rings. The largest absolute Gasteiger partial charge is 0.768 e. The summed E-state index contributed by atoms with van der Waals surface area (Å²) in [5.74, 6) is 0.202. The Morgan fingerprint density at radius 3 is 2.63 bits per heavy atom. The first-order valence-corrected chi connectivity index (χ1v) is 9.73. The van der Waals surface area contributed by atoms with Gasteiger partial charge < -0.3 is 30.0 Å². The minimum Gasteiger partial charge on any atom is -0.768 e. The van der Waals surface area contributed by atoms with E-state index in [1.165, 1.54) is 29.4 Å². The standard InChI is InChI=1S/C17H19N5O6S.Y/c18-15-12-16(20-7-19-15)22(8-21-12)17-14(24)13(23)11(28-17)6-27-5-9-1-3-10(4-2-9)29(25)26;/h1-4,7-8,11,13-14,17,23-24H,5-6H2,(H,25,26)(H2,18,19,20);/p-1/t11-,13-,14-,17?;/m1./s1. The number of ether oxygens (including phenoxy) is 2. The van der Waals surface area contributed by atoms with E-state index < -0.39 is 35.6 Å². The Hall–Kier alpha value is -1.38. The number of aliphatic hydroxyl groups is 2. The minimum absolute atomic E-state index is 0. The molecule has 1 aromatic carbocycles. The zero-order valence-corrected chi connectivity index (χ0v) is 19.2. The first kappa shape index (κ1) is 23.3. The molecule has 13 heteroatoms. The third-order valence-corrected chi connectivity index (χ3v) is 5.32. The van der Waals surface area contributed by atoms with E-state index in [-0.39, 0.29) is 56.6 Å². The molecule has 1 saturated heterocycles. The van der Waals surface area contributed by atoms with Crippen LogP contribution in [0, 0.1) is 0 Å². The van der Waals surface area contributed by atoms with E-state index in [0.717, 1.165) is 5.56 Å². The second-order valence-corrected chi connectivity index (χ2v) is 7.46. The molecule has 2 aromatic heterocycles. The molecule has 2 unspecified atom stereocenters. The number of rotatable bonds is 6. The third-order valence-electron chi connectivity index (χ3n) is 4.67. The van der Waals surface area contributed by atoms with Gasteiger partial charge >= 0.3 is 0 Å². The quantitative estimate of drug-likeness (QED) is 0.368. The van der Waals surface area contributed by atoms with Crippen molar-refractivity contribution < 1.29 is 61.2 Å². The van der Waals surface area contributed by atoms with Gasteiger partial charge in [0.25, 0.3) is 0 Å². The van der Waals surface area contributed by atoms with Crippen molar-refractivity contribution in [3.05, 3.63) is 42.5 Å². The fourth-order valence-corrected chi connectivity index (χ4v) is 3.50. The van der Waals surface area contributed by atoms with Crippen LogP contribution in [0.5, 0.6) is 0 Å². The summed E-state index contributed by atoms with van der Waals surface area (Å²) in [6.07, 6.45) is -1.39. The number of nitrogen functional groups attached to an aromatic ring is 1. The van der Waals surface area contributed by atoms with E-state index >= 15 is 0 Å². The van der Waals surface area contributed by atoms with Crippen LogP contribution in [0.15, 0.2) is 41.8 Å². The fourth-order valence-electron chi connectivity index (χ4n) is 3.14. The normalized spacial score (nSPS) is 24.6. The molecule has 5 atom stereocenters. The molecule has 1 fully saturated rings. The number of hydrogen-bond donors (Lipinski definition) is 3. The fraction of sp³-hybridized carbons (Fsp3) is 0.353. The van der Waals surface area contributed by atoms with E-state index in [0.29, 0.717) is 11.2 Å². The Morgan fingerprint density at radius 1 is 1.20 bits per heavy atom. The van der Waals surface area contributed by atoms with Crippen LogP contribution >= 0.6 is 0 Å². The van der Waals surface area contributed by atoms with Gasteiger partial charge in [-0.05, 0) is 28.8 Å². The zero-order valence-electron chi connectivity index (χ0n) is 15.6. The number of aliphatic hydroxyl groups excluding tert-OH is 2. The Bertz CT molecular complexity index is 1040. The van der Waals surface area contributed by atoms with Crippen molar-refractivity contribution in [3.63, 3.8) is 0 Å². The molecule has 157 valence electrons. The number of aromatic nitrogens is 4. The van der Waals surface area contributed by atoms with Crippen LogP contribution in [0.2, 0.25) is 0 Å². The number of hydrogen-bond acceptors (Lipinski definition) is 10. The SMILES string of the molecule is Nc1ncnc2c1ncn2C1O[C@H](COCc2ccc(S(=O)[O-])cc2)[C@@H](O)[C@H]1O.[Y]. The topological polar surface area (TPSA) is 169 Å². The molecule has 11 nitrogen and oxygen atoms in total. The summed E-state index contributed by atoms with van der Waals surface area (Å²) >= 11 is -2.28. The molecule has 1 radical (unpaired) electrons. The van der Waals surface area contributed by atoms with Crippen molar-refractivity contribution in [2.45, 2.75) is 36.0 Å². The van der Waals surface area contributed by atoms with E-state index in [9.17, 15) is 19.0 Å². The Labute approximate surface area is 198 Å². The molecule has 4 rings (SSSR count). The van der Waals surface area contributed by atoms with Gasteiger partial charge in [0.2, 0.25) is 0 Å². The number of benzene rings is 1. The summed E-state index contributed by atoms with van der Waals surface area (Å²) in [6.45, 7) is 0.213. The van der Waals surface area contributed by atoms with Crippen molar-refractivity contribution in [2.24, 2.45) is 0 Å². The van der Waals surface area contributed by atoms with Gasteiger partial charge in [-0.25, -0.2) is 15.0 Å². The van der Waals surface area contributed by atoms with Gasteiger partial charge in [0.05, 0.1) is 19.5 Å². The summed E-state index contributed by atoms with van der Waals surface area (Å²) in [7, 11) is 0. The van der Waals surface area contributed by atoms with Crippen LogP contribution in [0.25, 0.3) is 11.2 Å². The molecule has 3 heterocycles. The van der Waals surface area contributed by atoms with Gasteiger partial charge in [-0.1, -0.05) is 12.1 Å². The number of nitrogens with zero attached hydrogens (tertiary/aromatic N) is 4. The molecule has 4 N–H and O–H groups in total. The molecular weight excluding hydrogens is 491 g/mol. The smallest absolute Gasteiger partial charge is 0.167 e. The van der Waals surface area contributed by atoms with Crippen LogP contribution in [0.1, 0.15) is 11.8 Å². The number of imidazole rings is 1. The predicted molar refractivity (Wildman–Crippen MR) is 98.9 cm³/mol. The molecule has 0 amide bonds. The van der Waals surface area contributed by atoms with Crippen LogP contribution < -0.4 is 5.73 Å². The first-order chi connectivity index (χ1) is 14.0. The van der Waals surface area contributed by atoms with E-state index in [1.807, 2.05) is 0 Å². The molecule has 0 spiro atoms. The van der Waals surface area contributed by atoms with E-state index in [4.69, 9.17) is 15.2 Å². The maximum Gasteiger partial charge on any atom is 0.167 e. The van der Waals surface area contributed by atoms with Crippen LogP contribution in [-0.2, 0) is 59.9 Å². The molecule has 1 aliphatic heterocycles. The van der Waals surface area contributed by atoms with Crippen molar-refractivity contribution in [1.29, 1.82) is 0 Å². The maximum atomic E-state index is 10.9. The van der Waals surface area contributed by atoms with Crippen LogP contribution in [0.4, 0.5) is 5.82 Å². The van der Waals surface area contributed by atoms with Gasteiger partial charge in [0.1, 0.15) is 30.2 Å². The third kappa shape index (κ3) is 4.60. The Kier molecular flexibility index (Phi) is 7.63. The van der Waals surface area contributed by atoms with Crippen molar-refractivity contribution in [1.82, 2.24) is 19.5 Å². The maximum absolute atomic E-state index is 10.9. The summed E-state index contributed by atoms with van der Waals surface area (Å²) in [6, 6.07) is 6.22. The summed E-state index contributed by atoms with van der Waals surface area (Å²) in [5.41, 5.74) is 7.29. The number of nitrogens with two attached hydrogens (primary N) is 1. The van der Waals surface area contributed by atoms with Crippen molar-refractivity contribution >= 4 is 28.1 Å². The predicted octanol–water partition coefficient (Wildman–Crippen LogP) is -0.520. The van der Waals surface area contributed by atoms with Crippen molar-refractivity contribution in [2.75, 3.05) is 12.3 Å². The molecule has 0 bridgehead atoms. The average molecular weight is 509 g/mol. The number of anilines is 1. The second kappa shape index (κ2) is 9.83. The molecule has 30 heavy (non-hydrogen) atoms. The Balaban J connectivity index is 0.00000256.